The summed E-state index contributed by atoms with van der Waals surface area (Å²) >= 11 is 3.12. The molecule has 4 nitrogen and oxygen atoms in total. The van der Waals surface area contributed by atoms with Crippen molar-refractivity contribution >= 4 is 33.5 Å². The first kappa shape index (κ1) is 15.2. The zero-order valence-electron chi connectivity index (χ0n) is 11.0. The van der Waals surface area contributed by atoms with E-state index in [1.807, 2.05) is 0 Å². The molecule has 6 heteroatoms. The van der Waals surface area contributed by atoms with Gasteiger partial charge >= 0.3 is 5.97 Å². The highest BCUT2D eigenvalue weighted by Crippen LogP contribution is 2.22. The van der Waals surface area contributed by atoms with Crippen molar-refractivity contribution in [3.8, 4) is 0 Å². The second-order valence-electron chi connectivity index (χ2n) is 4.42. The maximum absolute atomic E-state index is 13.2. The molecule has 1 amide bonds. The quantitative estimate of drug-likeness (QED) is 0.882. The molecule has 0 heterocycles. The average Bonchev–Trinajstić information content (AvgIpc) is 2.43. The van der Waals surface area contributed by atoms with E-state index in [4.69, 9.17) is 5.11 Å². The number of hydrogen-bond acceptors (Lipinski definition) is 2. The maximum atomic E-state index is 13.2. The number of halogens is 2. The third-order valence-corrected chi connectivity index (χ3v) is 3.57. The van der Waals surface area contributed by atoms with Gasteiger partial charge in [-0.3, -0.25) is 4.79 Å². The number of carbonyl (C=O) groups excluding carboxylic acids is 1. The number of aromatic carboxylic acids is 1. The number of carboxylic acid groups (broad SMARTS) is 1. The Kier molecular flexibility index (Phi) is 4.37. The molecular weight excluding hydrogens is 341 g/mol. The van der Waals surface area contributed by atoms with E-state index in [1.54, 1.807) is 13.0 Å². The van der Waals surface area contributed by atoms with E-state index >= 15 is 0 Å². The molecule has 2 N–H and O–H groups in total. The van der Waals surface area contributed by atoms with Crippen LogP contribution in [0, 0.1) is 12.7 Å². The largest absolute Gasteiger partial charge is 0.478 e. The monoisotopic (exact) mass is 351 g/mol. The van der Waals surface area contributed by atoms with Crippen molar-refractivity contribution in [3.05, 3.63) is 63.4 Å². The number of anilines is 1. The molecule has 2 aromatic carbocycles. The Bertz CT molecular complexity index is 731. The van der Waals surface area contributed by atoms with E-state index in [-0.39, 0.29) is 11.4 Å². The molecule has 0 saturated heterocycles. The summed E-state index contributed by atoms with van der Waals surface area (Å²) in [7, 11) is 0. The second kappa shape index (κ2) is 6.05. The van der Waals surface area contributed by atoms with Crippen molar-refractivity contribution in [3.63, 3.8) is 0 Å². The lowest BCUT2D eigenvalue weighted by atomic mass is 10.1. The van der Waals surface area contributed by atoms with Gasteiger partial charge in [0.15, 0.2) is 0 Å². The minimum Gasteiger partial charge on any atom is -0.478 e. The molecule has 0 aromatic heterocycles. The third kappa shape index (κ3) is 3.46. The number of hydrogen-bond donors (Lipinski definition) is 2. The van der Waals surface area contributed by atoms with E-state index in [2.05, 4.69) is 21.2 Å². The average molecular weight is 352 g/mol. The van der Waals surface area contributed by atoms with Crippen LogP contribution in [0.25, 0.3) is 0 Å². The highest BCUT2D eigenvalue weighted by Gasteiger charge is 2.12. The van der Waals surface area contributed by atoms with Crippen LogP contribution in [-0.2, 0) is 0 Å². The summed E-state index contributed by atoms with van der Waals surface area (Å²) in [5.41, 5.74) is 1.06. The summed E-state index contributed by atoms with van der Waals surface area (Å²) in [5, 5.41) is 11.6. The molecule has 2 aromatic rings. The minimum absolute atomic E-state index is 0.0445. The number of carbonyl (C=O) groups is 2. The molecule has 0 unspecified atom stereocenters. The second-order valence-corrected chi connectivity index (χ2v) is 5.27. The molecule has 108 valence electrons. The third-order valence-electron chi connectivity index (χ3n) is 2.87. The van der Waals surface area contributed by atoms with Crippen LogP contribution in [0.2, 0.25) is 0 Å². The van der Waals surface area contributed by atoms with E-state index in [0.717, 1.165) is 0 Å². The fourth-order valence-electron chi connectivity index (χ4n) is 1.76. The van der Waals surface area contributed by atoms with E-state index in [9.17, 15) is 14.0 Å². The smallest absolute Gasteiger partial charge is 0.336 e. The zero-order chi connectivity index (χ0) is 15.6. The van der Waals surface area contributed by atoms with Crippen LogP contribution < -0.4 is 5.32 Å². The highest BCUT2D eigenvalue weighted by atomic mass is 79.9. The first-order valence-electron chi connectivity index (χ1n) is 5.99. The molecule has 0 aliphatic rings. The summed E-state index contributed by atoms with van der Waals surface area (Å²) in [6.07, 6.45) is 0. The van der Waals surface area contributed by atoms with Crippen LogP contribution in [0.4, 0.5) is 10.1 Å². The lowest BCUT2D eigenvalue weighted by molar-refractivity contribution is 0.0695. The SMILES string of the molecule is Cc1cc(C(=O)Nc2ccc(Br)c(C(=O)O)c2)ccc1F. The van der Waals surface area contributed by atoms with Gasteiger partial charge in [0.05, 0.1) is 5.56 Å². The van der Waals surface area contributed by atoms with Gasteiger partial charge < -0.3 is 10.4 Å². The summed E-state index contributed by atoms with van der Waals surface area (Å²) < 4.78 is 13.6. The molecular formula is C15H11BrFNO3. The molecule has 0 bridgehead atoms. The fraction of sp³-hybridized carbons (Fsp3) is 0.0667. The van der Waals surface area contributed by atoms with Crippen molar-refractivity contribution in [1.29, 1.82) is 0 Å². The Morgan fingerprint density at radius 3 is 2.52 bits per heavy atom. The van der Waals surface area contributed by atoms with Crippen molar-refractivity contribution in [2.75, 3.05) is 5.32 Å². The Labute approximate surface area is 128 Å². The van der Waals surface area contributed by atoms with Crippen LogP contribution in [0.1, 0.15) is 26.3 Å². The molecule has 2 rings (SSSR count). The standard InChI is InChI=1S/C15H11BrFNO3/c1-8-6-9(2-5-13(8)17)14(19)18-10-3-4-12(16)11(7-10)15(20)21/h2-7H,1H3,(H,18,19)(H,20,21). The molecule has 0 atom stereocenters. The predicted octanol–water partition coefficient (Wildman–Crippen LogP) is 3.85. The van der Waals surface area contributed by atoms with Crippen molar-refractivity contribution in [2.45, 2.75) is 6.92 Å². The van der Waals surface area contributed by atoms with Crippen LogP contribution in [0.3, 0.4) is 0 Å². The molecule has 0 spiro atoms. The van der Waals surface area contributed by atoms with Crippen LogP contribution in [0.5, 0.6) is 0 Å². The molecule has 0 saturated carbocycles. The first-order chi connectivity index (χ1) is 9.88. The fourth-order valence-corrected chi connectivity index (χ4v) is 2.17. The van der Waals surface area contributed by atoms with Gasteiger partial charge in [-0.05, 0) is 64.8 Å². The molecule has 0 aliphatic heterocycles. The van der Waals surface area contributed by atoms with E-state index in [1.165, 1.54) is 30.3 Å². The van der Waals surface area contributed by atoms with Gasteiger partial charge in [-0.2, -0.15) is 0 Å². The van der Waals surface area contributed by atoms with Gasteiger partial charge in [-0.25, -0.2) is 9.18 Å². The normalized spacial score (nSPS) is 10.2. The number of aryl methyl sites for hydroxylation is 1. The van der Waals surface area contributed by atoms with Gasteiger partial charge in [0.25, 0.3) is 5.91 Å². The number of rotatable bonds is 3. The van der Waals surface area contributed by atoms with E-state index < -0.39 is 11.9 Å². The lowest BCUT2D eigenvalue weighted by Crippen LogP contribution is -2.13. The summed E-state index contributed by atoms with van der Waals surface area (Å²) in [6.45, 7) is 1.56. The number of nitrogens with one attached hydrogen (secondary N) is 1. The Balaban J connectivity index is 2.25. The Hall–Kier alpha value is -2.21. The van der Waals surface area contributed by atoms with Gasteiger partial charge in [0, 0.05) is 15.7 Å². The number of amides is 1. The van der Waals surface area contributed by atoms with Gasteiger partial charge in [-0.1, -0.05) is 0 Å². The lowest BCUT2D eigenvalue weighted by Gasteiger charge is -2.08. The van der Waals surface area contributed by atoms with Crippen molar-refractivity contribution < 1.29 is 19.1 Å². The van der Waals surface area contributed by atoms with Crippen molar-refractivity contribution in [1.82, 2.24) is 0 Å². The molecule has 0 aliphatic carbocycles. The molecule has 0 radical (unpaired) electrons. The Morgan fingerprint density at radius 1 is 1.19 bits per heavy atom. The van der Waals surface area contributed by atoms with Crippen molar-refractivity contribution in [2.24, 2.45) is 0 Å². The van der Waals surface area contributed by atoms with Crippen LogP contribution >= 0.6 is 15.9 Å². The minimum atomic E-state index is -1.10. The summed E-state index contributed by atoms with van der Waals surface area (Å²) in [6, 6.07) is 8.48. The Morgan fingerprint density at radius 2 is 1.90 bits per heavy atom. The molecule has 0 fully saturated rings. The number of carboxylic acids is 1. The highest BCUT2D eigenvalue weighted by molar-refractivity contribution is 9.10. The number of benzene rings is 2. The van der Waals surface area contributed by atoms with Crippen LogP contribution in [0.15, 0.2) is 40.9 Å². The summed E-state index contributed by atoms with van der Waals surface area (Å²) in [4.78, 5) is 23.1. The maximum Gasteiger partial charge on any atom is 0.336 e. The zero-order valence-corrected chi connectivity index (χ0v) is 12.6. The van der Waals surface area contributed by atoms with Gasteiger partial charge in [0.2, 0.25) is 0 Å². The van der Waals surface area contributed by atoms with Gasteiger partial charge in [-0.15, -0.1) is 0 Å². The molecule has 21 heavy (non-hydrogen) atoms. The van der Waals surface area contributed by atoms with Crippen LogP contribution in [-0.4, -0.2) is 17.0 Å². The first-order valence-corrected chi connectivity index (χ1v) is 6.78. The summed E-state index contributed by atoms with van der Waals surface area (Å²) in [5.74, 6) is -1.92. The topological polar surface area (TPSA) is 66.4 Å². The van der Waals surface area contributed by atoms with Gasteiger partial charge in [0.1, 0.15) is 5.82 Å². The predicted molar refractivity (Wildman–Crippen MR) is 80.2 cm³/mol. The van der Waals surface area contributed by atoms with E-state index in [0.29, 0.717) is 21.3 Å².